The minimum atomic E-state index is -0.166. The maximum Gasteiger partial charge on any atom is 0.305 e. The Morgan fingerprint density at radius 3 is 1.44 bits per heavy atom. The molecule has 0 atom stereocenters. The smallest absolute Gasteiger partial charge is 0.305 e. The Bertz CT molecular complexity index is 320. The quantitative estimate of drug-likeness (QED) is 0.170. The van der Waals surface area contributed by atoms with E-state index in [0.29, 0.717) is 19.6 Å². The first-order valence-electron chi connectivity index (χ1n) is 11.8. The molecule has 0 N–H and O–H groups in total. The van der Waals surface area contributed by atoms with Crippen molar-refractivity contribution in [3.05, 3.63) is 0 Å². The van der Waals surface area contributed by atoms with Crippen molar-refractivity contribution >= 4 is 5.97 Å². The molecule has 0 unspecified atom stereocenters. The zero-order valence-electron chi connectivity index (χ0n) is 19.0. The van der Waals surface area contributed by atoms with Gasteiger partial charge < -0.3 is 9.47 Å². The Morgan fingerprint density at radius 2 is 1.04 bits per heavy atom. The van der Waals surface area contributed by atoms with E-state index >= 15 is 0 Å². The molecule has 0 aromatic carbocycles. The number of carbonyl (C=O) groups is 1. The SMILES string of the molecule is CCCCCCCCCCCCCCCCCC(=O)OCCOC(C)(C)C. The molecule has 162 valence electrons. The van der Waals surface area contributed by atoms with Crippen molar-refractivity contribution in [1.82, 2.24) is 0 Å². The number of unbranched alkanes of at least 4 members (excludes halogenated alkanes) is 14. The maximum atomic E-state index is 11.6. The molecule has 0 aliphatic rings. The summed E-state index contributed by atoms with van der Waals surface area (Å²) in [5, 5.41) is 0. The van der Waals surface area contributed by atoms with Crippen molar-refractivity contribution in [3.63, 3.8) is 0 Å². The molecule has 0 saturated carbocycles. The van der Waals surface area contributed by atoms with Crippen LogP contribution >= 0.6 is 0 Å². The van der Waals surface area contributed by atoms with Crippen LogP contribution in [-0.2, 0) is 14.3 Å². The van der Waals surface area contributed by atoms with Gasteiger partial charge in [-0.1, -0.05) is 96.8 Å². The summed E-state index contributed by atoms with van der Waals surface area (Å²) in [6.07, 6.45) is 20.7. The fourth-order valence-electron chi connectivity index (χ4n) is 3.22. The summed E-state index contributed by atoms with van der Waals surface area (Å²) in [6, 6.07) is 0. The summed E-state index contributed by atoms with van der Waals surface area (Å²) in [6.45, 7) is 9.14. The molecule has 0 aromatic rings. The number of carbonyl (C=O) groups excluding carboxylic acids is 1. The van der Waals surface area contributed by atoms with Crippen LogP contribution in [0.4, 0.5) is 0 Å². The van der Waals surface area contributed by atoms with Crippen LogP contribution < -0.4 is 0 Å². The Kier molecular flexibility index (Phi) is 18.4. The summed E-state index contributed by atoms with van der Waals surface area (Å²) in [7, 11) is 0. The van der Waals surface area contributed by atoms with Gasteiger partial charge in [0, 0.05) is 6.42 Å². The van der Waals surface area contributed by atoms with Gasteiger partial charge in [0.1, 0.15) is 6.61 Å². The molecule has 0 radical (unpaired) electrons. The van der Waals surface area contributed by atoms with Crippen LogP contribution in [0.5, 0.6) is 0 Å². The van der Waals surface area contributed by atoms with Gasteiger partial charge in [0.2, 0.25) is 0 Å². The minimum Gasteiger partial charge on any atom is -0.463 e. The average Bonchev–Trinajstić information content (AvgIpc) is 2.61. The Labute approximate surface area is 170 Å². The molecule has 0 saturated heterocycles. The van der Waals surface area contributed by atoms with E-state index in [1.807, 2.05) is 20.8 Å². The summed E-state index contributed by atoms with van der Waals surface area (Å²) in [5.41, 5.74) is -0.166. The van der Waals surface area contributed by atoms with Gasteiger partial charge in [-0.05, 0) is 27.2 Å². The highest BCUT2D eigenvalue weighted by molar-refractivity contribution is 5.69. The van der Waals surface area contributed by atoms with E-state index in [4.69, 9.17) is 9.47 Å². The van der Waals surface area contributed by atoms with E-state index in [1.165, 1.54) is 83.5 Å². The highest BCUT2D eigenvalue weighted by Crippen LogP contribution is 2.14. The van der Waals surface area contributed by atoms with E-state index in [0.717, 1.165) is 12.8 Å². The van der Waals surface area contributed by atoms with Crippen LogP contribution in [0, 0.1) is 0 Å². The fourth-order valence-corrected chi connectivity index (χ4v) is 3.22. The standard InChI is InChI=1S/C24H48O3/c1-5-6-7-8-9-10-11-12-13-14-15-16-17-18-19-20-23(25)26-21-22-27-24(2,3)4/h5-22H2,1-4H3. The molecule has 3 heteroatoms. The van der Waals surface area contributed by atoms with Crippen molar-refractivity contribution in [1.29, 1.82) is 0 Å². The molecule has 0 aromatic heterocycles. The third-order valence-electron chi connectivity index (χ3n) is 4.87. The third kappa shape index (κ3) is 23.4. The highest BCUT2D eigenvalue weighted by Gasteiger charge is 2.10. The molecular formula is C24H48O3. The zero-order chi connectivity index (χ0) is 20.2. The van der Waals surface area contributed by atoms with Gasteiger partial charge in [0.15, 0.2) is 0 Å². The second-order valence-corrected chi connectivity index (χ2v) is 8.88. The van der Waals surface area contributed by atoms with Crippen molar-refractivity contribution in [2.24, 2.45) is 0 Å². The van der Waals surface area contributed by atoms with Gasteiger partial charge in [-0.25, -0.2) is 0 Å². The van der Waals surface area contributed by atoms with Gasteiger partial charge in [0.05, 0.1) is 12.2 Å². The van der Waals surface area contributed by atoms with Gasteiger partial charge >= 0.3 is 5.97 Å². The molecule has 0 aliphatic heterocycles. The van der Waals surface area contributed by atoms with Crippen molar-refractivity contribution < 1.29 is 14.3 Å². The molecule has 0 amide bonds. The molecule has 27 heavy (non-hydrogen) atoms. The van der Waals surface area contributed by atoms with Gasteiger partial charge in [-0.3, -0.25) is 4.79 Å². The number of hydrogen-bond donors (Lipinski definition) is 0. The average molecular weight is 385 g/mol. The van der Waals surface area contributed by atoms with E-state index in [-0.39, 0.29) is 11.6 Å². The molecular weight excluding hydrogens is 336 g/mol. The first kappa shape index (κ1) is 26.4. The third-order valence-corrected chi connectivity index (χ3v) is 4.87. The van der Waals surface area contributed by atoms with Crippen molar-refractivity contribution in [3.8, 4) is 0 Å². The lowest BCUT2D eigenvalue weighted by Crippen LogP contribution is -2.22. The second-order valence-electron chi connectivity index (χ2n) is 8.88. The zero-order valence-corrected chi connectivity index (χ0v) is 19.0. The Morgan fingerprint density at radius 1 is 0.630 bits per heavy atom. The summed E-state index contributed by atoms with van der Waals surface area (Å²) in [5.74, 6) is -0.0813. The van der Waals surface area contributed by atoms with Crippen molar-refractivity contribution in [2.45, 2.75) is 136 Å². The molecule has 0 aliphatic carbocycles. The molecule has 0 heterocycles. The lowest BCUT2D eigenvalue weighted by atomic mass is 10.0. The van der Waals surface area contributed by atoms with E-state index < -0.39 is 0 Å². The van der Waals surface area contributed by atoms with E-state index in [1.54, 1.807) is 0 Å². The van der Waals surface area contributed by atoms with Gasteiger partial charge in [-0.15, -0.1) is 0 Å². The first-order chi connectivity index (χ1) is 13.0. The van der Waals surface area contributed by atoms with E-state index in [9.17, 15) is 4.79 Å². The lowest BCUT2D eigenvalue weighted by molar-refractivity contribution is -0.147. The van der Waals surface area contributed by atoms with Gasteiger partial charge in [-0.2, -0.15) is 0 Å². The van der Waals surface area contributed by atoms with Crippen LogP contribution in [0.1, 0.15) is 130 Å². The molecule has 0 rings (SSSR count). The molecule has 0 bridgehead atoms. The number of rotatable bonds is 19. The normalized spacial score (nSPS) is 11.7. The highest BCUT2D eigenvalue weighted by atomic mass is 16.6. The van der Waals surface area contributed by atoms with Crippen LogP contribution in [0.25, 0.3) is 0 Å². The molecule has 0 spiro atoms. The van der Waals surface area contributed by atoms with Crippen LogP contribution in [0.3, 0.4) is 0 Å². The number of ether oxygens (including phenoxy) is 2. The molecule has 3 nitrogen and oxygen atoms in total. The Hall–Kier alpha value is -0.570. The minimum absolute atomic E-state index is 0.0813. The predicted octanol–water partition coefficient (Wildman–Crippen LogP) is 7.61. The number of esters is 1. The fraction of sp³-hybridized carbons (Fsp3) is 0.958. The molecule has 0 fully saturated rings. The Balaban J connectivity index is 3.17. The van der Waals surface area contributed by atoms with Crippen LogP contribution in [0.15, 0.2) is 0 Å². The van der Waals surface area contributed by atoms with Crippen LogP contribution in [0.2, 0.25) is 0 Å². The van der Waals surface area contributed by atoms with E-state index in [2.05, 4.69) is 6.92 Å². The second kappa shape index (κ2) is 18.8. The van der Waals surface area contributed by atoms with Crippen LogP contribution in [-0.4, -0.2) is 24.8 Å². The number of hydrogen-bond acceptors (Lipinski definition) is 3. The largest absolute Gasteiger partial charge is 0.463 e. The lowest BCUT2D eigenvalue weighted by Gasteiger charge is -2.19. The van der Waals surface area contributed by atoms with Crippen molar-refractivity contribution in [2.75, 3.05) is 13.2 Å². The topological polar surface area (TPSA) is 35.5 Å². The first-order valence-corrected chi connectivity index (χ1v) is 11.8. The summed E-state index contributed by atoms with van der Waals surface area (Å²) >= 11 is 0. The summed E-state index contributed by atoms with van der Waals surface area (Å²) < 4.78 is 10.7. The van der Waals surface area contributed by atoms with Gasteiger partial charge in [0.25, 0.3) is 0 Å². The predicted molar refractivity (Wildman–Crippen MR) is 116 cm³/mol. The monoisotopic (exact) mass is 384 g/mol. The summed E-state index contributed by atoms with van der Waals surface area (Å²) in [4.78, 5) is 11.6. The maximum absolute atomic E-state index is 11.6.